The van der Waals surface area contributed by atoms with E-state index in [-0.39, 0.29) is 0 Å². The lowest BCUT2D eigenvalue weighted by Gasteiger charge is -2.32. The minimum atomic E-state index is 0.444. The fourth-order valence-electron chi connectivity index (χ4n) is 3.52. The Morgan fingerprint density at radius 3 is 2.58 bits per heavy atom. The van der Waals surface area contributed by atoms with Crippen LogP contribution in [-0.4, -0.2) is 56.4 Å². The maximum Gasteiger partial charge on any atom is 0.118 e. The van der Waals surface area contributed by atoms with E-state index in [1.807, 2.05) is 12.1 Å². The van der Waals surface area contributed by atoms with Gasteiger partial charge in [-0.05, 0) is 30.0 Å². The van der Waals surface area contributed by atoms with Gasteiger partial charge < -0.3 is 14.8 Å². The maximum atomic E-state index is 5.53. The number of nitrogens with zero attached hydrogens (tertiary/aromatic N) is 1. The van der Waals surface area contributed by atoms with Gasteiger partial charge in [-0.2, -0.15) is 0 Å². The van der Waals surface area contributed by atoms with Crippen LogP contribution in [-0.2, 0) is 4.74 Å². The van der Waals surface area contributed by atoms with Crippen LogP contribution in [0.2, 0.25) is 0 Å². The van der Waals surface area contributed by atoms with Gasteiger partial charge in [0.05, 0.1) is 20.3 Å². The zero-order valence-electron chi connectivity index (χ0n) is 15.1. The second kappa shape index (κ2) is 8.15. The zero-order valence-corrected chi connectivity index (χ0v) is 15.1. The molecule has 2 saturated heterocycles. The van der Waals surface area contributed by atoms with E-state index < -0.39 is 0 Å². The Balaban J connectivity index is 1.68. The first kappa shape index (κ1) is 17.5. The Labute approximate surface area is 145 Å². The average molecular weight is 330 g/mol. The van der Waals surface area contributed by atoms with E-state index >= 15 is 0 Å². The van der Waals surface area contributed by atoms with E-state index in [2.05, 4.69) is 48.3 Å². The van der Waals surface area contributed by atoms with Crippen LogP contribution in [0.15, 0.2) is 30.3 Å². The molecule has 2 heterocycles. The van der Waals surface area contributed by atoms with E-state index in [9.17, 15) is 0 Å². The normalized spacial score (nSPS) is 26.0. The van der Waals surface area contributed by atoms with Crippen LogP contribution in [0.5, 0.6) is 5.75 Å². The third-order valence-electron chi connectivity index (χ3n) is 4.89. The Morgan fingerprint density at radius 2 is 1.96 bits per heavy atom. The van der Waals surface area contributed by atoms with Crippen LogP contribution < -0.4 is 10.1 Å². The summed E-state index contributed by atoms with van der Waals surface area (Å²) in [6.07, 6.45) is 5.86. The first-order valence-electron chi connectivity index (χ1n) is 9.07. The highest BCUT2D eigenvalue weighted by molar-refractivity contribution is 5.51. The molecule has 2 aliphatic heterocycles. The van der Waals surface area contributed by atoms with Gasteiger partial charge in [0.2, 0.25) is 0 Å². The van der Waals surface area contributed by atoms with Gasteiger partial charge >= 0.3 is 0 Å². The number of benzene rings is 1. The van der Waals surface area contributed by atoms with Crippen molar-refractivity contribution in [3.63, 3.8) is 0 Å². The van der Waals surface area contributed by atoms with E-state index in [1.165, 1.54) is 12.0 Å². The predicted molar refractivity (Wildman–Crippen MR) is 98.4 cm³/mol. The highest BCUT2D eigenvalue weighted by atomic mass is 16.5. The molecule has 0 bridgehead atoms. The van der Waals surface area contributed by atoms with Crippen LogP contribution in [0, 0.1) is 5.92 Å². The molecule has 4 nitrogen and oxygen atoms in total. The van der Waals surface area contributed by atoms with E-state index in [4.69, 9.17) is 9.47 Å². The van der Waals surface area contributed by atoms with Crippen molar-refractivity contribution in [1.82, 2.24) is 10.2 Å². The summed E-state index contributed by atoms with van der Waals surface area (Å²) in [7, 11) is 1.70. The molecule has 0 unspecified atom stereocenters. The van der Waals surface area contributed by atoms with Crippen LogP contribution >= 0.6 is 0 Å². The molecule has 3 atom stereocenters. The number of morpholine rings is 1. The standard InChI is InChI=1S/C20H30N2O2/c1-15(2)14-18-20(21-18)19(22-10-12-24-13-11-22)9-6-16-4-7-17(23-3)8-5-16/h4-9,15,18-21H,10-14H2,1-3H3/b9-6+/t18-,19+,20+/m0/s1. The minimum absolute atomic E-state index is 0.444. The fraction of sp³-hybridized carbons (Fsp3) is 0.600. The van der Waals surface area contributed by atoms with Gasteiger partial charge in [0, 0.05) is 31.2 Å². The summed E-state index contributed by atoms with van der Waals surface area (Å²) in [4.78, 5) is 2.56. The summed E-state index contributed by atoms with van der Waals surface area (Å²) >= 11 is 0. The van der Waals surface area contributed by atoms with Crippen molar-refractivity contribution >= 4 is 6.08 Å². The van der Waals surface area contributed by atoms with Crippen molar-refractivity contribution in [2.45, 2.75) is 38.4 Å². The topological polar surface area (TPSA) is 43.6 Å². The number of hydrogen-bond donors (Lipinski definition) is 1. The molecule has 24 heavy (non-hydrogen) atoms. The first-order chi connectivity index (χ1) is 11.7. The molecule has 1 aromatic rings. The quantitative estimate of drug-likeness (QED) is 0.781. The second-order valence-electron chi connectivity index (χ2n) is 7.20. The number of methoxy groups -OCH3 is 1. The molecule has 1 N–H and O–H groups in total. The van der Waals surface area contributed by atoms with E-state index in [1.54, 1.807) is 7.11 Å². The van der Waals surface area contributed by atoms with Gasteiger partial charge in [-0.1, -0.05) is 38.1 Å². The SMILES string of the molecule is COc1ccc(/C=C/[C@H]([C@@H]2N[C@H]2CC(C)C)N2CCOCC2)cc1. The van der Waals surface area contributed by atoms with E-state index in [0.29, 0.717) is 18.1 Å². The number of ether oxygens (including phenoxy) is 2. The van der Waals surface area contributed by atoms with Crippen LogP contribution in [0.3, 0.4) is 0 Å². The molecule has 3 rings (SSSR count). The smallest absolute Gasteiger partial charge is 0.118 e. The molecule has 0 spiro atoms. The molecule has 0 amide bonds. The minimum Gasteiger partial charge on any atom is -0.497 e. The number of rotatable bonds is 7. The van der Waals surface area contributed by atoms with E-state index in [0.717, 1.165) is 38.0 Å². The third kappa shape index (κ3) is 4.59. The molecule has 2 aliphatic rings. The van der Waals surface area contributed by atoms with Gasteiger partial charge in [0.15, 0.2) is 0 Å². The summed E-state index contributed by atoms with van der Waals surface area (Å²) in [6.45, 7) is 8.32. The molecular weight excluding hydrogens is 300 g/mol. The number of hydrogen-bond acceptors (Lipinski definition) is 4. The molecule has 0 radical (unpaired) electrons. The van der Waals surface area contributed by atoms with Gasteiger partial charge in [-0.15, -0.1) is 0 Å². The van der Waals surface area contributed by atoms with Crippen molar-refractivity contribution < 1.29 is 9.47 Å². The summed E-state index contributed by atoms with van der Waals surface area (Å²) in [5, 5.41) is 3.70. The molecular formula is C20H30N2O2. The summed E-state index contributed by atoms with van der Waals surface area (Å²) < 4.78 is 10.8. The molecule has 0 saturated carbocycles. The lowest BCUT2D eigenvalue weighted by Crippen LogP contribution is -2.46. The Bertz CT molecular complexity index is 535. The van der Waals surface area contributed by atoms with Crippen LogP contribution in [0.25, 0.3) is 6.08 Å². The van der Waals surface area contributed by atoms with Crippen LogP contribution in [0.4, 0.5) is 0 Å². The number of nitrogens with one attached hydrogen (secondary N) is 1. The van der Waals surface area contributed by atoms with Crippen molar-refractivity contribution in [3.8, 4) is 5.75 Å². The first-order valence-corrected chi connectivity index (χ1v) is 9.07. The van der Waals surface area contributed by atoms with Crippen molar-refractivity contribution in [3.05, 3.63) is 35.9 Å². The summed E-state index contributed by atoms with van der Waals surface area (Å²) in [5.41, 5.74) is 1.22. The largest absolute Gasteiger partial charge is 0.497 e. The lowest BCUT2D eigenvalue weighted by atomic mass is 10.0. The Morgan fingerprint density at radius 1 is 1.25 bits per heavy atom. The molecule has 0 aliphatic carbocycles. The van der Waals surface area contributed by atoms with Crippen molar-refractivity contribution in [2.75, 3.05) is 33.4 Å². The van der Waals surface area contributed by atoms with Gasteiger partial charge in [-0.25, -0.2) is 0 Å². The summed E-state index contributed by atoms with van der Waals surface area (Å²) in [5.74, 6) is 1.64. The highest BCUT2D eigenvalue weighted by Gasteiger charge is 2.43. The monoisotopic (exact) mass is 330 g/mol. The van der Waals surface area contributed by atoms with Gasteiger partial charge in [0.1, 0.15) is 5.75 Å². The molecule has 1 aromatic carbocycles. The average Bonchev–Trinajstić information content (AvgIpc) is 3.34. The Hall–Kier alpha value is -1.36. The molecule has 0 aromatic heterocycles. The maximum absolute atomic E-state index is 5.53. The summed E-state index contributed by atoms with van der Waals surface area (Å²) in [6, 6.07) is 9.91. The highest BCUT2D eigenvalue weighted by Crippen LogP contribution is 2.27. The third-order valence-corrected chi connectivity index (χ3v) is 4.89. The van der Waals surface area contributed by atoms with Gasteiger partial charge in [-0.3, -0.25) is 4.90 Å². The molecule has 4 heteroatoms. The van der Waals surface area contributed by atoms with Gasteiger partial charge in [0.25, 0.3) is 0 Å². The molecule has 2 fully saturated rings. The van der Waals surface area contributed by atoms with Crippen molar-refractivity contribution in [1.29, 1.82) is 0 Å². The zero-order chi connectivity index (χ0) is 16.9. The molecule has 132 valence electrons. The van der Waals surface area contributed by atoms with Crippen LogP contribution in [0.1, 0.15) is 25.8 Å². The predicted octanol–water partition coefficient (Wildman–Crippen LogP) is 2.80. The van der Waals surface area contributed by atoms with Crippen molar-refractivity contribution in [2.24, 2.45) is 5.92 Å². The second-order valence-corrected chi connectivity index (χ2v) is 7.20. The lowest BCUT2D eigenvalue weighted by molar-refractivity contribution is 0.0251. The Kier molecular flexibility index (Phi) is 5.93. The fourth-order valence-corrected chi connectivity index (χ4v) is 3.52.